The Labute approximate surface area is 170 Å². The average Bonchev–Trinajstić information content (AvgIpc) is 3.11. The molecule has 0 unspecified atom stereocenters. The highest BCUT2D eigenvalue weighted by molar-refractivity contribution is 6.35. The van der Waals surface area contributed by atoms with E-state index in [1.54, 1.807) is 34.9 Å². The van der Waals surface area contributed by atoms with Crippen LogP contribution in [-0.2, 0) is 6.61 Å². The highest BCUT2D eigenvalue weighted by atomic mass is 35.5. The summed E-state index contributed by atoms with van der Waals surface area (Å²) in [7, 11) is 0. The monoisotopic (exact) mass is 413 g/mol. The minimum Gasteiger partial charge on any atom is -0.489 e. The molecule has 4 aromatic rings. The molecule has 6 nitrogen and oxygen atoms in total. The van der Waals surface area contributed by atoms with E-state index in [1.807, 2.05) is 24.3 Å². The molecule has 0 saturated carbocycles. The molecule has 140 valence electrons. The zero-order valence-corrected chi connectivity index (χ0v) is 15.9. The van der Waals surface area contributed by atoms with Crippen LogP contribution in [0, 0.1) is 10.1 Å². The Morgan fingerprint density at radius 2 is 1.71 bits per heavy atom. The number of rotatable bonds is 5. The molecule has 4 rings (SSSR count). The van der Waals surface area contributed by atoms with Gasteiger partial charge in [0.05, 0.1) is 16.8 Å². The van der Waals surface area contributed by atoms with Gasteiger partial charge >= 0.3 is 0 Å². The Balaban J connectivity index is 1.53. The lowest BCUT2D eigenvalue weighted by Crippen LogP contribution is -1.97. The summed E-state index contributed by atoms with van der Waals surface area (Å²) in [5, 5.41) is 12.0. The molecule has 0 radical (unpaired) electrons. The van der Waals surface area contributed by atoms with Crippen molar-refractivity contribution in [3.63, 3.8) is 0 Å². The zero-order chi connectivity index (χ0) is 19.7. The lowest BCUT2D eigenvalue weighted by atomic mass is 10.1. The van der Waals surface area contributed by atoms with Gasteiger partial charge in [0.2, 0.25) is 0 Å². The van der Waals surface area contributed by atoms with Crippen LogP contribution in [0.3, 0.4) is 0 Å². The largest absolute Gasteiger partial charge is 0.489 e. The third-order valence-corrected chi connectivity index (χ3v) is 4.95. The first-order chi connectivity index (χ1) is 13.5. The fourth-order valence-corrected chi connectivity index (χ4v) is 3.28. The van der Waals surface area contributed by atoms with Crippen LogP contribution >= 0.6 is 23.2 Å². The summed E-state index contributed by atoms with van der Waals surface area (Å²) in [4.78, 5) is 15.0. The first kappa shape index (κ1) is 18.3. The number of aromatic nitrogens is 2. The molecule has 0 saturated heterocycles. The summed E-state index contributed by atoms with van der Waals surface area (Å²) in [5.74, 6) is 0.666. The van der Waals surface area contributed by atoms with E-state index < -0.39 is 4.92 Å². The lowest BCUT2D eigenvalue weighted by Gasteiger charge is -2.09. The summed E-state index contributed by atoms with van der Waals surface area (Å²) in [6.45, 7) is 0.260. The number of imidazole rings is 1. The Kier molecular flexibility index (Phi) is 4.90. The topological polar surface area (TPSA) is 69.7 Å². The van der Waals surface area contributed by atoms with Gasteiger partial charge in [-0.15, -0.1) is 0 Å². The van der Waals surface area contributed by atoms with E-state index >= 15 is 0 Å². The van der Waals surface area contributed by atoms with E-state index in [-0.39, 0.29) is 12.3 Å². The van der Waals surface area contributed by atoms with Gasteiger partial charge in [0.1, 0.15) is 18.0 Å². The first-order valence-electron chi connectivity index (χ1n) is 8.30. The van der Waals surface area contributed by atoms with Gasteiger partial charge in [0.15, 0.2) is 0 Å². The third-order valence-electron chi connectivity index (χ3n) is 4.24. The molecule has 0 aliphatic heterocycles. The number of benzene rings is 2. The van der Waals surface area contributed by atoms with Crippen molar-refractivity contribution in [2.45, 2.75) is 6.61 Å². The maximum atomic E-state index is 10.9. The van der Waals surface area contributed by atoms with Gasteiger partial charge in [0.25, 0.3) is 5.69 Å². The molecule has 0 aliphatic carbocycles. The molecule has 28 heavy (non-hydrogen) atoms. The Bertz CT molecular complexity index is 1150. The van der Waals surface area contributed by atoms with Gasteiger partial charge in [-0.1, -0.05) is 29.3 Å². The molecule has 0 amide bonds. The normalized spacial score (nSPS) is 10.9. The lowest BCUT2D eigenvalue weighted by molar-refractivity contribution is -0.385. The van der Waals surface area contributed by atoms with Crippen LogP contribution in [0.2, 0.25) is 10.0 Å². The highest BCUT2D eigenvalue weighted by Crippen LogP contribution is 2.27. The average molecular weight is 414 g/mol. The van der Waals surface area contributed by atoms with E-state index in [1.165, 1.54) is 12.3 Å². The molecular formula is C20H13Cl2N3O3. The van der Waals surface area contributed by atoms with Crippen LogP contribution in [-0.4, -0.2) is 14.3 Å². The van der Waals surface area contributed by atoms with Crippen molar-refractivity contribution in [1.82, 2.24) is 9.38 Å². The number of hydrogen-bond donors (Lipinski definition) is 0. The fourth-order valence-electron chi connectivity index (χ4n) is 2.77. The van der Waals surface area contributed by atoms with Gasteiger partial charge < -0.3 is 4.74 Å². The number of fused-ring (bicyclic) bond motifs is 1. The SMILES string of the molecule is O=[N+]([O-])c1ccc2nc(-c3ccc(OCc4c(Cl)cccc4Cl)cc3)cn2c1. The van der Waals surface area contributed by atoms with Crippen molar-refractivity contribution in [2.75, 3.05) is 0 Å². The van der Waals surface area contributed by atoms with Gasteiger partial charge in [-0.3, -0.25) is 14.5 Å². The van der Waals surface area contributed by atoms with E-state index in [0.717, 1.165) is 11.1 Å². The fraction of sp³-hybridized carbons (Fsp3) is 0.0500. The molecule has 0 atom stereocenters. The second-order valence-corrected chi connectivity index (χ2v) is 6.86. The Morgan fingerprint density at radius 3 is 2.39 bits per heavy atom. The number of nitro groups is 1. The van der Waals surface area contributed by atoms with Gasteiger partial charge in [-0.05, 0) is 42.5 Å². The molecule has 0 aliphatic rings. The smallest absolute Gasteiger partial charge is 0.286 e. The van der Waals surface area contributed by atoms with E-state index in [9.17, 15) is 10.1 Å². The van der Waals surface area contributed by atoms with Crippen LogP contribution < -0.4 is 4.74 Å². The molecule has 2 aromatic carbocycles. The van der Waals surface area contributed by atoms with Crippen LogP contribution in [0.1, 0.15) is 5.56 Å². The Morgan fingerprint density at radius 1 is 1.00 bits per heavy atom. The maximum Gasteiger partial charge on any atom is 0.286 e. The predicted octanol–water partition coefficient (Wildman–Crippen LogP) is 5.80. The van der Waals surface area contributed by atoms with E-state index in [2.05, 4.69) is 4.98 Å². The Hall–Kier alpha value is -3.09. The highest BCUT2D eigenvalue weighted by Gasteiger charge is 2.10. The molecule has 0 fully saturated rings. The number of halogens is 2. The van der Waals surface area contributed by atoms with Gasteiger partial charge in [-0.25, -0.2) is 4.98 Å². The minimum absolute atomic E-state index is 0.0124. The standard InChI is InChI=1S/C20H13Cl2N3O3/c21-17-2-1-3-18(22)16(17)12-28-15-7-4-13(5-8-15)19-11-24-10-14(25(26)27)6-9-20(24)23-19/h1-11H,12H2. The van der Waals surface area contributed by atoms with Crippen LogP contribution in [0.4, 0.5) is 5.69 Å². The van der Waals surface area contributed by atoms with Crippen LogP contribution in [0.5, 0.6) is 5.75 Å². The van der Waals surface area contributed by atoms with Crippen molar-refractivity contribution in [3.8, 4) is 17.0 Å². The number of hydrogen-bond acceptors (Lipinski definition) is 4. The van der Waals surface area contributed by atoms with E-state index in [0.29, 0.717) is 27.1 Å². The first-order valence-corrected chi connectivity index (χ1v) is 9.06. The van der Waals surface area contributed by atoms with Crippen molar-refractivity contribution < 1.29 is 9.66 Å². The van der Waals surface area contributed by atoms with Gasteiger partial charge in [-0.2, -0.15) is 0 Å². The van der Waals surface area contributed by atoms with Crippen LogP contribution in [0.25, 0.3) is 16.9 Å². The minimum atomic E-state index is -0.434. The van der Waals surface area contributed by atoms with Crippen molar-refractivity contribution >= 4 is 34.5 Å². The van der Waals surface area contributed by atoms with Crippen LogP contribution in [0.15, 0.2) is 67.0 Å². The zero-order valence-electron chi connectivity index (χ0n) is 14.4. The second-order valence-electron chi connectivity index (χ2n) is 6.05. The molecule has 0 N–H and O–H groups in total. The van der Waals surface area contributed by atoms with E-state index in [4.69, 9.17) is 27.9 Å². The second kappa shape index (κ2) is 7.50. The molecular weight excluding hydrogens is 401 g/mol. The van der Waals surface area contributed by atoms with Crippen molar-refractivity contribution in [2.24, 2.45) is 0 Å². The maximum absolute atomic E-state index is 10.9. The molecule has 2 heterocycles. The predicted molar refractivity (Wildman–Crippen MR) is 108 cm³/mol. The number of ether oxygens (including phenoxy) is 1. The summed E-state index contributed by atoms with van der Waals surface area (Å²) >= 11 is 12.3. The number of pyridine rings is 1. The molecule has 0 spiro atoms. The third kappa shape index (κ3) is 3.65. The van der Waals surface area contributed by atoms with Crippen molar-refractivity contribution in [3.05, 3.63) is 92.7 Å². The summed E-state index contributed by atoms with van der Waals surface area (Å²) < 4.78 is 7.41. The quantitative estimate of drug-likeness (QED) is 0.306. The summed E-state index contributed by atoms with van der Waals surface area (Å²) in [5.41, 5.74) is 2.96. The number of nitrogens with zero attached hydrogens (tertiary/aromatic N) is 3. The molecule has 8 heteroatoms. The van der Waals surface area contributed by atoms with Crippen molar-refractivity contribution in [1.29, 1.82) is 0 Å². The van der Waals surface area contributed by atoms with Gasteiger partial charge in [0, 0.05) is 33.4 Å². The summed E-state index contributed by atoms with van der Waals surface area (Å²) in [6, 6.07) is 15.8. The summed E-state index contributed by atoms with van der Waals surface area (Å²) in [6.07, 6.45) is 3.19. The molecule has 0 bridgehead atoms. The molecule has 2 aromatic heterocycles.